The molecule has 0 bridgehead atoms. The van der Waals surface area contributed by atoms with Crippen LogP contribution in [0, 0.1) is 0 Å². The minimum Gasteiger partial charge on any atom is -0.476 e. The van der Waals surface area contributed by atoms with Gasteiger partial charge in [0.2, 0.25) is 0 Å². The van der Waals surface area contributed by atoms with Gasteiger partial charge in [0.1, 0.15) is 9.88 Å². The Kier molecular flexibility index (Phi) is 3.82. The second-order valence-electron chi connectivity index (χ2n) is 4.13. The molecule has 4 nitrogen and oxygen atoms in total. The van der Waals surface area contributed by atoms with Gasteiger partial charge < -0.3 is 5.11 Å². The number of carbonyl (C=O) groups excluding carboxylic acids is 1. The van der Waals surface area contributed by atoms with Crippen LogP contribution in [0.2, 0.25) is 0 Å². The van der Waals surface area contributed by atoms with E-state index in [1.54, 1.807) is 0 Å². The number of carbonyl (C=O) groups is 2. The van der Waals surface area contributed by atoms with E-state index in [4.69, 9.17) is 5.11 Å². The highest BCUT2D eigenvalue weighted by Gasteiger charge is 2.30. The molecule has 0 saturated heterocycles. The minimum atomic E-state index is -4.45. The number of aromatic nitrogens is 1. The van der Waals surface area contributed by atoms with Crippen LogP contribution in [-0.4, -0.2) is 21.8 Å². The topological polar surface area (TPSA) is 67.3 Å². The predicted molar refractivity (Wildman–Crippen MR) is 69.5 cm³/mol. The normalized spacial score (nSPS) is 11.4. The van der Waals surface area contributed by atoms with Crippen molar-refractivity contribution in [2.45, 2.75) is 13.1 Å². The third kappa shape index (κ3) is 3.10. The zero-order valence-electron chi connectivity index (χ0n) is 10.6. The molecule has 1 aromatic heterocycles. The number of nitrogens with zero attached hydrogens (tertiary/aromatic N) is 1. The lowest BCUT2D eigenvalue weighted by Crippen LogP contribution is -2.04. The number of benzene rings is 1. The van der Waals surface area contributed by atoms with E-state index in [-0.39, 0.29) is 15.6 Å². The van der Waals surface area contributed by atoms with Gasteiger partial charge in [0, 0.05) is 12.5 Å². The molecular formula is C13H8F3NO3S. The van der Waals surface area contributed by atoms with Gasteiger partial charge in [0.05, 0.1) is 5.56 Å². The Morgan fingerprint density at radius 1 is 1.19 bits per heavy atom. The van der Waals surface area contributed by atoms with E-state index in [9.17, 15) is 22.8 Å². The number of hydrogen-bond acceptors (Lipinski definition) is 4. The highest BCUT2D eigenvalue weighted by Crippen LogP contribution is 2.33. The van der Waals surface area contributed by atoms with Crippen molar-refractivity contribution in [1.82, 2.24) is 4.98 Å². The van der Waals surface area contributed by atoms with E-state index < -0.39 is 23.5 Å². The third-order valence-electron chi connectivity index (χ3n) is 2.61. The van der Waals surface area contributed by atoms with E-state index in [0.717, 1.165) is 23.5 Å². The molecule has 110 valence electrons. The fraction of sp³-hybridized carbons (Fsp3) is 0.154. The van der Waals surface area contributed by atoms with Gasteiger partial charge in [0.25, 0.3) is 0 Å². The summed E-state index contributed by atoms with van der Waals surface area (Å²) in [5, 5.41) is 9.16. The van der Waals surface area contributed by atoms with Gasteiger partial charge in [-0.1, -0.05) is 12.1 Å². The molecule has 2 aromatic rings. The quantitative estimate of drug-likeness (QED) is 0.876. The second kappa shape index (κ2) is 5.28. The van der Waals surface area contributed by atoms with Crippen LogP contribution >= 0.6 is 11.3 Å². The maximum Gasteiger partial charge on any atom is 0.416 e. The highest BCUT2D eigenvalue weighted by molar-refractivity contribution is 7.17. The fourth-order valence-corrected chi connectivity index (χ4v) is 2.59. The number of halogens is 3. The summed E-state index contributed by atoms with van der Waals surface area (Å²) in [6.07, 6.45) is -4.45. The molecule has 21 heavy (non-hydrogen) atoms. The molecule has 0 aliphatic rings. The molecule has 0 atom stereocenters. The van der Waals surface area contributed by atoms with Gasteiger partial charge in [-0.3, -0.25) is 4.79 Å². The van der Waals surface area contributed by atoms with Crippen LogP contribution in [0.3, 0.4) is 0 Å². The Balaban J connectivity index is 2.45. The lowest BCUT2D eigenvalue weighted by Gasteiger charge is -2.06. The van der Waals surface area contributed by atoms with E-state index in [0.29, 0.717) is 5.56 Å². The number of hydrogen-bond donors (Lipinski definition) is 1. The van der Waals surface area contributed by atoms with Gasteiger partial charge in [-0.15, -0.1) is 11.3 Å². The first-order valence-electron chi connectivity index (χ1n) is 5.63. The number of alkyl halides is 3. The molecule has 1 heterocycles. The third-order valence-corrected chi connectivity index (χ3v) is 3.81. The van der Waals surface area contributed by atoms with Crippen LogP contribution in [0.25, 0.3) is 10.6 Å². The summed E-state index contributed by atoms with van der Waals surface area (Å²) in [5.74, 6) is -1.81. The molecule has 0 amide bonds. The first-order valence-corrected chi connectivity index (χ1v) is 6.44. The summed E-state index contributed by atoms with van der Waals surface area (Å²) < 4.78 is 37.4. The van der Waals surface area contributed by atoms with Crippen molar-refractivity contribution in [2.24, 2.45) is 0 Å². The molecule has 0 unspecified atom stereocenters. The molecule has 0 aliphatic heterocycles. The van der Waals surface area contributed by atoms with Crippen LogP contribution in [-0.2, 0) is 6.18 Å². The predicted octanol–water partition coefficient (Wildman–Crippen LogP) is 3.73. The van der Waals surface area contributed by atoms with Crippen molar-refractivity contribution in [3.05, 3.63) is 40.4 Å². The van der Waals surface area contributed by atoms with Crippen LogP contribution in [0.15, 0.2) is 24.3 Å². The average molecular weight is 315 g/mol. The van der Waals surface area contributed by atoms with Crippen LogP contribution in [0.1, 0.15) is 32.6 Å². The van der Waals surface area contributed by atoms with Gasteiger partial charge in [0.15, 0.2) is 11.5 Å². The summed E-state index contributed by atoms with van der Waals surface area (Å²) in [6.45, 7) is 1.20. The van der Waals surface area contributed by atoms with Gasteiger partial charge in [-0.25, -0.2) is 9.78 Å². The first kappa shape index (κ1) is 15.2. The lowest BCUT2D eigenvalue weighted by molar-refractivity contribution is -0.137. The summed E-state index contributed by atoms with van der Waals surface area (Å²) in [4.78, 5) is 26.1. The molecular weight excluding hydrogens is 307 g/mol. The van der Waals surface area contributed by atoms with Crippen molar-refractivity contribution in [1.29, 1.82) is 0 Å². The Morgan fingerprint density at radius 2 is 1.76 bits per heavy atom. The van der Waals surface area contributed by atoms with Crippen molar-refractivity contribution in [2.75, 3.05) is 0 Å². The van der Waals surface area contributed by atoms with E-state index in [1.165, 1.54) is 19.1 Å². The van der Waals surface area contributed by atoms with Crippen LogP contribution in [0.4, 0.5) is 13.2 Å². The Labute approximate surface area is 120 Å². The molecule has 0 radical (unpaired) electrons. The molecule has 1 aromatic carbocycles. The monoisotopic (exact) mass is 315 g/mol. The number of Topliss-reactive ketones (excluding diaryl/α,β-unsaturated/α-hetero) is 1. The molecule has 2 rings (SSSR count). The van der Waals surface area contributed by atoms with Gasteiger partial charge >= 0.3 is 12.1 Å². The summed E-state index contributed by atoms with van der Waals surface area (Å²) in [5.41, 5.74) is -0.876. The maximum absolute atomic E-state index is 12.5. The van der Waals surface area contributed by atoms with E-state index in [1.807, 2.05) is 0 Å². The van der Waals surface area contributed by atoms with Crippen molar-refractivity contribution in [3.63, 3.8) is 0 Å². The average Bonchev–Trinajstić information content (AvgIpc) is 2.83. The van der Waals surface area contributed by atoms with E-state index >= 15 is 0 Å². The Hall–Kier alpha value is -2.22. The molecule has 1 N–H and O–H groups in total. The number of carboxylic acid groups (broad SMARTS) is 1. The Bertz CT molecular complexity index is 673. The first-order chi connectivity index (χ1) is 9.70. The van der Waals surface area contributed by atoms with Crippen molar-refractivity contribution < 1.29 is 27.9 Å². The van der Waals surface area contributed by atoms with Crippen LogP contribution in [0.5, 0.6) is 0 Å². The van der Waals surface area contributed by atoms with E-state index in [2.05, 4.69) is 4.98 Å². The van der Waals surface area contributed by atoms with Gasteiger partial charge in [-0.05, 0) is 12.1 Å². The largest absolute Gasteiger partial charge is 0.476 e. The maximum atomic E-state index is 12.5. The SMILES string of the molecule is CC(=O)c1sc(-c2ccc(C(F)(F)F)cc2)nc1C(=O)O. The lowest BCUT2D eigenvalue weighted by atomic mass is 10.1. The molecule has 8 heteroatoms. The Morgan fingerprint density at radius 3 is 2.14 bits per heavy atom. The minimum absolute atomic E-state index is 0.0302. The van der Waals surface area contributed by atoms with Gasteiger partial charge in [-0.2, -0.15) is 13.2 Å². The smallest absolute Gasteiger partial charge is 0.416 e. The summed E-state index contributed by atoms with van der Waals surface area (Å²) >= 11 is 0.840. The second-order valence-corrected chi connectivity index (χ2v) is 5.13. The van der Waals surface area contributed by atoms with Crippen LogP contribution < -0.4 is 0 Å². The van der Waals surface area contributed by atoms with Crippen molar-refractivity contribution in [3.8, 4) is 10.6 Å². The number of aromatic carboxylic acids is 1. The molecule has 0 saturated carbocycles. The summed E-state index contributed by atoms with van der Waals surface area (Å²) in [6, 6.07) is 4.14. The zero-order chi connectivity index (χ0) is 15.8. The zero-order valence-corrected chi connectivity index (χ0v) is 11.4. The molecule has 0 aliphatic carbocycles. The molecule has 0 fully saturated rings. The summed E-state index contributed by atoms with van der Waals surface area (Å²) in [7, 11) is 0. The fourth-order valence-electron chi connectivity index (χ4n) is 1.63. The number of thiazole rings is 1. The molecule has 0 spiro atoms. The highest BCUT2D eigenvalue weighted by atomic mass is 32.1. The number of rotatable bonds is 3. The standard InChI is InChI=1S/C13H8F3NO3S/c1-6(18)10-9(12(19)20)17-11(21-10)7-2-4-8(5-3-7)13(14,15)16/h2-5H,1H3,(H,19,20). The van der Waals surface area contributed by atoms with Crippen molar-refractivity contribution >= 4 is 23.1 Å². The number of ketones is 1. The number of carboxylic acids is 1.